The van der Waals surface area contributed by atoms with Crippen LogP contribution in [0.3, 0.4) is 0 Å². The molecule has 0 bridgehead atoms. The van der Waals surface area contributed by atoms with Gasteiger partial charge in [0, 0.05) is 36.5 Å². The van der Waals surface area contributed by atoms with Crippen molar-refractivity contribution < 1.29 is 9.15 Å². The Morgan fingerprint density at radius 3 is 2.71 bits per heavy atom. The first-order valence-corrected chi connectivity index (χ1v) is 12.6. The summed E-state index contributed by atoms with van der Waals surface area (Å²) in [6, 6.07) is 17.1. The van der Waals surface area contributed by atoms with E-state index in [1.807, 2.05) is 67.5 Å². The van der Waals surface area contributed by atoms with Crippen molar-refractivity contribution in [2.75, 3.05) is 19.0 Å². The van der Waals surface area contributed by atoms with Gasteiger partial charge in [-0.1, -0.05) is 18.2 Å². The number of anilines is 1. The number of fused-ring (bicyclic) bond motifs is 6. The normalized spacial score (nSPS) is 14.2. The Bertz CT molecular complexity index is 1930. The smallest absolute Gasteiger partial charge is 0.344 e. The fourth-order valence-electron chi connectivity index (χ4n) is 4.95. The first-order chi connectivity index (χ1) is 18.5. The number of hydrogen-bond donors (Lipinski definition) is 0. The van der Waals surface area contributed by atoms with Crippen molar-refractivity contribution in [3.8, 4) is 23.0 Å². The van der Waals surface area contributed by atoms with E-state index in [4.69, 9.17) is 14.1 Å². The number of para-hydroxylation sites is 1. The lowest BCUT2D eigenvalue weighted by atomic mass is 9.84. The molecule has 2 aromatic carbocycles. The van der Waals surface area contributed by atoms with Crippen LogP contribution < -0.4 is 15.3 Å². The molecule has 6 aromatic rings. The lowest BCUT2D eigenvalue weighted by Gasteiger charge is -2.28. The molecule has 0 N–H and O–H groups in total. The van der Waals surface area contributed by atoms with E-state index in [2.05, 4.69) is 31.0 Å². The van der Waals surface area contributed by atoms with Gasteiger partial charge in [-0.05, 0) is 57.9 Å². The zero-order chi connectivity index (χ0) is 26.0. The van der Waals surface area contributed by atoms with Gasteiger partial charge in [-0.15, -0.1) is 5.10 Å². The Balaban J connectivity index is 1.55. The average molecular weight is 567 g/mol. The zero-order valence-corrected chi connectivity index (χ0v) is 21.9. The highest BCUT2D eigenvalue weighted by molar-refractivity contribution is 9.10. The van der Waals surface area contributed by atoms with Crippen molar-refractivity contribution in [2.24, 2.45) is 0 Å². The Labute approximate surface area is 224 Å². The summed E-state index contributed by atoms with van der Waals surface area (Å²) in [6.45, 7) is 0. The second-order valence-electron chi connectivity index (χ2n) is 9.18. The zero-order valence-electron chi connectivity index (χ0n) is 20.3. The molecule has 1 aliphatic heterocycles. The monoisotopic (exact) mass is 566 g/mol. The Kier molecular flexibility index (Phi) is 5.05. The molecule has 0 saturated heterocycles. The molecule has 0 saturated carbocycles. The number of halogens is 1. The number of nitrogens with zero attached hydrogens (tertiary/aromatic N) is 6. The lowest BCUT2D eigenvalue weighted by molar-refractivity contribution is 0.422. The molecule has 1 aliphatic rings. The molecule has 9 nitrogen and oxygen atoms in total. The lowest BCUT2D eigenvalue weighted by Crippen LogP contribution is -2.22. The van der Waals surface area contributed by atoms with Crippen LogP contribution in [0, 0.1) is 0 Å². The fraction of sp³-hybridized carbons (Fsp3) is 0.107. The molecule has 186 valence electrons. The molecule has 0 radical (unpaired) electrons. The van der Waals surface area contributed by atoms with Gasteiger partial charge < -0.3 is 14.1 Å². The van der Waals surface area contributed by atoms with Gasteiger partial charge in [0.25, 0.3) is 0 Å². The molecule has 10 heteroatoms. The summed E-state index contributed by atoms with van der Waals surface area (Å²) >= 11 is 3.71. The van der Waals surface area contributed by atoms with E-state index >= 15 is 0 Å². The van der Waals surface area contributed by atoms with E-state index in [1.165, 1.54) is 0 Å². The standard InChI is InChI=1S/C28H19BrN6O3/c1-34(2)19-10-9-15(12-18(19)29)21-22-24(17-7-3-4-8-20(17)37-28(22)36)38-27-23(21)26-32-25(33-35(26)14-31-27)16-6-5-11-30-13-16/h3-14,21H,1-2H3. The quantitative estimate of drug-likeness (QED) is 0.262. The van der Waals surface area contributed by atoms with Crippen molar-refractivity contribution in [3.05, 3.63) is 105 Å². The molecule has 38 heavy (non-hydrogen) atoms. The maximum Gasteiger partial charge on any atom is 0.344 e. The van der Waals surface area contributed by atoms with Gasteiger partial charge in [0.15, 0.2) is 17.2 Å². The van der Waals surface area contributed by atoms with Crippen LogP contribution in [0.25, 0.3) is 28.0 Å². The largest absolute Gasteiger partial charge is 0.437 e. The first-order valence-electron chi connectivity index (χ1n) is 11.9. The van der Waals surface area contributed by atoms with Crippen molar-refractivity contribution in [2.45, 2.75) is 5.92 Å². The second kappa shape index (κ2) is 8.49. The minimum Gasteiger partial charge on any atom is -0.437 e. The van der Waals surface area contributed by atoms with Gasteiger partial charge in [0.1, 0.15) is 11.9 Å². The molecule has 5 heterocycles. The number of pyridine rings is 1. The summed E-state index contributed by atoms with van der Waals surface area (Å²) in [7, 11) is 3.95. The minimum atomic E-state index is -0.565. The van der Waals surface area contributed by atoms with Crippen LogP contribution in [0.1, 0.15) is 22.6 Å². The summed E-state index contributed by atoms with van der Waals surface area (Å²) < 4.78 is 14.6. The van der Waals surface area contributed by atoms with Crippen LogP contribution in [0.2, 0.25) is 0 Å². The molecular weight excluding hydrogens is 548 g/mol. The third-order valence-electron chi connectivity index (χ3n) is 6.67. The predicted molar refractivity (Wildman–Crippen MR) is 146 cm³/mol. The average Bonchev–Trinajstić information content (AvgIpc) is 3.37. The molecule has 0 amide bonds. The number of benzene rings is 2. The van der Waals surface area contributed by atoms with E-state index in [0.29, 0.717) is 45.2 Å². The van der Waals surface area contributed by atoms with Crippen LogP contribution in [-0.4, -0.2) is 38.7 Å². The molecule has 0 spiro atoms. The molecular formula is C28H19BrN6O3. The number of aromatic nitrogens is 5. The SMILES string of the molecule is CN(C)c1ccc(C2c3c(c4ccccc4oc3=O)Oc3ncn4nc(-c5cccnc5)nc4c32)cc1Br. The van der Waals surface area contributed by atoms with Gasteiger partial charge >= 0.3 is 5.63 Å². The Morgan fingerprint density at radius 1 is 1.05 bits per heavy atom. The summed E-state index contributed by atoms with van der Waals surface area (Å²) in [5.41, 5.74) is 4.16. The van der Waals surface area contributed by atoms with Crippen molar-refractivity contribution in [3.63, 3.8) is 0 Å². The molecule has 4 aromatic heterocycles. The Hall–Kier alpha value is -4.57. The van der Waals surface area contributed by atoms with Crippen LogP contribution >= 0.6 is 15.9 Å². The molecule has 1 atom stereocenters. The minimum absolute atomic E-state index is 0.365. The van der Waals surface area contributed by atoms with Gasteiger partial charge in [0.2, 0.25) is 5.88 Å². The molecule has 1 unspecified atom stereocenters. The van der Waals surface area contributed by atoms with Gasteiger partial charge in [0.05, 0.1) is 28.1 Å². The van der Waals surface area contributed by atoms with E-state index in [-0.39, 0.29) is 0 Å². The van der Waals surface area contributed by atoms with Gasteiger partial charge in [-0.3, -0.25) is 4.98 Å². The third kappa shape index (κ3) is 3.41. The van der Waals surface area contributed by atoms with E-state index < -0.39 is 11.5 Å². The molecule has 7 rings (SSSR count). The maximum absolute atomic E-state index is 13.6. The number of ether oxygens (including phenoxy) is 1. The van der Waals surface area contributed by atoms with E-state index in [9.17, 15) is 4.79 Å². The molecule has 0 aliphatic carbocycles. The fourth-order valence-corrected chi connectivity index (χ4v) is 5.70. The van der Waals surface area contributed by atoms with Crippen LogP contribution in [-0.2, 0) is 0 Å². The van der Waals surface area contributed by atoms with Gasteiger partial charge in [-0.25, -0.2) is 19.3 Å². The Morgan fingerprint density at radius 2 is 1.92 bits per heavy atom. The van der Waals surface area contributed by atoms with Crippen molar-refractivity contribution in [1.29, 1.82) is 0 Å². The van der Waals surface area contributed by atoms with Crippen LogP contribution in [0.15, 0.2) is 87.0 Å². The number of rotatable bonds is 3. The topological polar surface area (TPSA) is 98.7 Å². The van der Waals surface area contributed by atoms with E-state index in [1.54, 1.807) is 29.3 Å². The van der Waals surface area contributed by atoms with Crippen LogP contribution in [0.5, 0.6) is 11.6 Å². The number of hydrogen-bond acceptors (Lipinski definition) is 8. The first kappa shape index (κ1) is 22.6. The predicted octanol–water partition coefficient (Wildman–Crippen LogP) is 5.41. The summed E-state index contributed by atoms with van der Waals surface area (Å²) in [5, 5.41) is 5.33. The van der Waals surface area contributed by atoms with E-state index in [0.717, 1.165) is 21.3 Å². The summed E-state index contributed by atoms with van der Waals surface area (Å²) in [5.74, 6) is 0.728. The highest BCUT2D eigenvalue weighted by Crippen LogP contribution is 2.49. The molecule has 0 fully saturated rings. The van der Waals surface area contributed by atoms with Crippen molar-refractivity contribution in [1.82, 2.24) is 24.6 Å². The van der Waals surface area contributed by atoms with Crippen LogP contribution in [0.4, 0.5) is 5.69 Å². The highest BCUT2D eigenvalue weighted by Gasteiger charge is 2.37. The highest BCUT2D eigenvalue weighted by atomic mass is 79.9. The summed E-state index contributed by atoms with van der Waals surface area (Å²) in [6.07, 6.45) is 4.97. The summed E-state index contributed by atoms with van der Waals surface area (Å²) in [4.78, 5) is 29.2. The second-order valence-corrected chi connectivity index (χ2v) is 10.0. The maximum atomic E-state index is 13.6. The van der Waals surface area contributed by atoms with Crippen molar-refractivity contribution >= 4 is 38.2 Å². The van der Waals surface area contributed by atoms with Gasteiger partial charge in [-0.2, -0.15) is 0 Å². The third-order valence-corrected chi connectivity index (χ3v) is 7.30.